The van der Waals surface area contributed by atoms with Gasteiger partial charge >= 0.3 is 0 Å². The highest BCUT2D eigenvalue weighted by atomic mass is 16.5. The summed E-state index contributed by atoms with van der Waals surface area (Å²) in [6.07, 6.45) is 4.77. The van der Waals surface area contributed by atoms with Crippen molar-refractivity contribution in [1.82, 2.24) is 4.90 Å². The molecule has 0 spiro atoms. The van der Waals surface area contributed by atoms with E-state index >= 15 is 0 Å². The summed E-state index contributed by atoms with van der Waals surface area (Å²) in [6, 6.07) is 0. The van der Waals surface area contributed by atoms with Crippen LogP contribution in [0.25, 0.3) is 0 Å². The highest BCUT2D eigenvalue weighted by molar-refractivity contribution is 4.69. The first-order valence-electron chi connectivity index (χ1n) is 4.48. The van der Waals surface area contributed by atoms with Crippen LogP contribution in [0.3, 0.4) is 0 Å². The molecule has 2 atom stereocenters. The van der Waals surface area contributed by atoms with Crippen LogP contribution in [0.1, 0.15) is 26.2 Å². The van der Waals surface area contributed by atoms with Crippen LogP contribution in [0.2, 0.25) is 0 Å². The molecule has 66 valence electrons. The largest absolute Gasteiger partial charge is 0.374 e. The molecule has 2 heteroatoms. The molecule has 0 bridgehead atoms. The topological polar surface area (TPSA) is 12.5 Å². The van der Waals surface area contributed by atoms with Crippen LogP contribution in [0.5, 0.6) is 0 Å². The summed E-state index contributed by atoms with van der Waals surface area (Å²) in [5.41, 5.74) is 0. The fraction of sp³-hybridized carbons (Fsp3) is 1.00. The Kier molecular flexibility index (Phi) is 3.34. The maximum atomic E-state index is 5.76. The normalized spacial score (nSPS) is 32.7. The quantitative estimate of drug-likeness (QED) is 0.602. The van der Waals surface area contributed by atoms with E-state index in [0.717, 1.165) is 6.54 Å². The highest BCUT2D eigenvalue weighted by Crippen LogP contribution is 2.18. The fourth-order valence-electron chi connectivity index (χ4n) is 1.64. The van der Waals surface area contributed by atoms with Crippen LogP contribution < -0.4 is 0 Å². The summed E-state index contributed by atoms with van der Waals surface area (Å²) in [5.74, 6) is 0. The summed E-state index contributed by atoms with van der Waals surface area (Å²) in [6.45, 7) is 3.24. The van der Waals surface area contributed by atoms with E-state index in [9.17, 15) is 0 Å². The Balaban J connectivity index is 2.23. The van der Waals surface area contributed by atoms with Gasteiger partial charge in [-0.05, 0) is 40.3 Å². The van der Waals surface area contributed by atoms with Gasteiger partial charge in [0.15, 0.2) is 0 Å². The Morgan fingerprint density at radius 1 is 1.36 bits per heavy atom. The van der Waals surface area contributed by atoms with Crippen molar-refractivity contribution in [2.24, 2.45) is 0 Å². The first kappa shape index (κ1) is 9.01. The van der Waals surface area contributed by atoms with Gasteiger partial charge in [0.2, 0.25) is 0 Å². The van der Waals surface area contributed by atoms with E-state index in [2.05, 4.69) is 25.9 Å². The van der Waals surface area contributed by atoms with E-state index in [1.54, 1.807) is 0 Å². The van der Waals surface area contributed by atoms with Gasteiger partial charge in [0.25, 0.3) is 0 Å². The molecule has 1 heterocycles. The molecule has 1 fully saturated rings. The van der Waals surface area contributed by atoms with Crippen molar-refractivity contribution in [3.8, 4) is 0 Å². The summed E-state index contributed by atoms with van der Waals surface area (Å²) < 4.78 is 5.76. The molecule has 2 nitrogen and oxygen atoms in total. The van der Waals surface area contributed by atoms with Crippen molar-refractivity contribution in [3.05, 3.63) is 0 Å². The molecule has 1 saturated heterocycles. The van der Waals surface area contributed by atoms with Crippen molar-refractivity contribution in [2.75, 3.05) is 20.6 Å². The van der Waals surface area contributed by atoms with Crippen molar-refractivity contribution >= 4 is 0 Å². The second kappa shape index (κ2) is 4.07. The highest BCUT2D eigenvalue weighted by Gasteiger charge is 2.18. The minimum atomic E-state index is 0.480. The van der Waals surface area contributed by atoms with Crippen LogP contribution >= 0.6 is 0 Å². The van der Waals surface area contributed by atoms with Crippen molar-refractivity contribution < 1.29 is 4.74 Å². The second-order valence-electron chi connectivity index (χ2n) is 3.76. The fourth-order valence-corrected chi connectivity index (χ4v) is 1.64. The third-order valence-corrected chi connectivity index (χ3v) is 2.13. The van der Waals surface area contributed by atoms with Gasteiger partial charge in [0, 0.05) is 6.54 Å². The van der Waals surface area contributed by atoms with Crippen LogP contribution in [0.4, 0.5) is 0 Å². The number of hydrogen-bond acceptors (Lipinski definition) is 2. The van der Waals surface area contributed by atoms with E-state index in [4.69, 9.17) is 4.74 Å². The van der Waals surface area contributed by atoms with Crippen LogP contribution in [-0.2, 0) is 4.74 Å². The molecular weight excluding hydrogens is 138 g/mol. The monoisotopic (exact) mass is 157 g/mol. The van der Waals surface area contributed by atoms with Crippen LogP contribution in [-0.4, -0.2) is 37.7 Å². The van der Waals surface area contributed by atoms with E-state index in [-0.39, 0.29) is 0 Å². The molecule has 1 aliphatic heterocycles. The van der Waals surface area contributed by atoms with Crippen molar-refractivity contribution in [3.63, 3.8) is 0 Å². The molecule has 0 aromatic carbocycles. The lowest BCUT2D eigenvalue weighted by atomic mass is 10.0. The molecule has 0 aliphatic carbocycles. The lowest BCUT2D eigenvalue weighted by molar-refractivity contribution is -0.0488. The van der Waals surface area contributed by atoms with Gasteiger partial charge in [-0.15, -0.1) is 0 Å². The molecule has 1 aliphatic rings. The zero-order valence-electron chi connectivity index (χ0n) is 7.84. The lowest BCUT2D eigenvalue weighted by Gasteiger charge is -2.29. The Morgan fingerprint density at radius 3 is 2.64 bits per heavy atom. The van der Waals surface area contributed by atoms with E-state index < -0.39 is 0 Å². The molecule has 0 amide bonds. The molecule has 0 saturated carbocycles. The zero-order chi connectivity index (χ0) is 8.27. The predicted octanol–water partition coefficient (Wildman–Crippen LogP) is 1.51. The molecule has 0 aromatic rings. The first-order valence-corrected chi connectivity index (χ1v) is 4.48. The van der Waals surface area contributed by atoms with E-state index in [1.165, 1.54) is 19.3 Å². The number of hydrogen-bond donors (Lipinski definition) is 0. The molecule has 0 aromatic heterocycles. The van der Waals surface area contributed by atoms with Crippen LogP contribution in [0, 0.1) is 0 Å². The van der Waals surface area contributed by atoms with Gasteiger partial charge in [0.1, 0.15) is 0 Å². The summed E-state index contributed by atoms with van der Waals surface area (Å²) in [7, 11) is 4.20. The number of ether oxygens (including phenoxy) is 1. The van der Waals surface area contributed by atoms with Gasteiger partial charge in [-0.3, -0.25) is 0 Å². The first-order chi connectivity index (χ1) is 5.18. The zero-order valence-corrected chi connectivity index (χ0v) is 7.84. The average Bonchev–Trinajstić information content (AvgIpc) is 1.85. The molecule has 2 unspecified atom stereocenters. The predicted molar refractivity (Wildman–Crippen MR) is 46.7 cm³/mol. The van der Waals surface area contributed by atoms with Gasteiger partial charge in [-0.2, -0.15) is 0 Å². The summed E-state index contributed by atoms with van der Waals surface area (Å²) >= 11 is 0. The maximum Gasteiger partial charge on any atom is 0.0705 e. The third kappa shape index (κ3) is 3.21. The number of likely N-dealkylation sites (N-methyl/N-ethyl adjacent to an activating group) is 1. The Labute approximate surface area is 69.5 Å². The summed E-state index contributed by atoms with van der Waals surface area (Å²) in [5, 5.41) is 0. The standard InChI is InChI=1S/C9H19NO/c1-8-5-4-6-9(11-8)7-10(2)3/h8-9H,4-7H2,1-3H3. The lowest BCUT2D eigenvalue weighted by Crippen LogP contribution is -2.34. The Hall–Kier alpha value is -0.0800. The van der Waals surface area contributed by atoms with Gasteiger partial charge in [0.05, 0.1) is 12.2 Å². The van der Waals surface area contributed by atoms with Gasteiger partial charge in [-0.1, -0.05) is 0 Å². The smallest absolute Gasteiger partial charge is 0.0705 e. The van der Waals surface area contributed by atoms with Gasteiger partial charge < -0.3 is 9.64 Å². The molecule has 0 radical (unpaired) electrons. The Morgan fingerprint density at radius 2 is 2.09 bits per heavy atom. The van der Waals surface area contributed by atoms with Crippen LogP contribution in [0.15, 0.2) is 0 Å². The molecular formula is C9H19NO. The minimum absolute atomic E-state index is 0.480. The maximum absolute atomic E-state index is 5.76. The van der Waals surface area contributed by atoms with Crippen molar-refractivity contribution in [2.45, 2.75) is 38.4 Å². The third-order valence-electron chi connectivity index (χ3n) is 2.13. The molecule has 1 rings (SSSR count). The summed E-state index contributed by atoms with van der Waals surface area (Å²) in [4.78, 5) is 2.20. The molecule has 11 heavy (non-hydrogen) atoms. The van der Waals surface area contributed by atoms with Gasteiger partial charge in [-0.25, -0.2) is 0 Å². The van der Waals surface area contributed by atoms with E-state index in [1.807, 2.05) is 0 Å². The van der Waals surface area contributed by atoms with E-state index in [0.29, 0.717) is 12.2 Å². The SMILES string of the molecule is CC1CCCC(CN(C)C)O1. The Bertz CT molecular complexity index is 112. The van der Waals surface area contributed by atoms with Crippen molar-refractivity contribution in [1.29, 1.82) is 0 Å². The average molecular weight is 157 g/mol. The number of rotatable bonds is 2. The second-order valence-corrected chi connectivity index (χ2v) is 3.76. The molecule has 0 N–H and O–H groups in total. The number of nitrogens with zero attached hydrogens (tertiary/aromatic N) is 1. The minimum Gasteiger partial charge on any atom is -0.374 e.